The van der Waals surface area contributed by atoms with Crippen LogP contribution in [0.25, 0.3) is 0 Å². The predicted molar refractivity (Wildman–Crippen MR) is 70.5 cm³/mol. The van der Waals surface area contributed by atoms with E-state index < -0.39 is 5.91 Å². The smallest absolute Gasteiger partial charge is 0.223 e. The Balaban J connectivity index is 2.59. The molecule has 0 spiro atoms. The van der Waals surface area contributed by atoms with E-state index in [0.29, 0.717) is 12.5 Å². The van der Waals surface area contributed by atoms with Gasteiger partial charge in [-0.3, -0.25) is 9.59 Å². The molecular formula is C13H25N3O2. The molecule has 3 atom stereocenters. The number of hydrogen-bond donors (Lipinski definition) is 3. The molecule has 0 aliphatic heterocycles. The SMILES string of the molecule is CC1C(N)CCC(C(=O)NCCC(N)=O)C1(C)C. The normalized spacial score (nSPS) is 30.8. The standard InChI is InChI=1S/C13H25N3O2/c1-8-10(14)5-4-9(13(8,2)3)12(18)16-7-6-11(15)17/h8-10H,4-7,14H2,1-3H3,(H2,15,17)(H,16,18). The van der Waals surface area contributed by atoms with Gasteiger partial charge < -0.3 is 16.8 Å². The molecule has 1 aliphatic rings. The molecule has 0 bridgehead atoms. The van der Waals surface area contributed by atoms with Gasteiger partial charge in [0.2, 0.25) is 11.8 Å². The third kappa shape index (κ3) is 3.22. The molecule has 3 unspecified atom stereocenters. The summed E-state index contributed by atoms with van der Waals surface area (Å²) in [5.41, 5.74) is 11.0. The van der Waals surface area contributed by atoms with Crippen molar-refractivity contribution >= 4 is 11.8 Å². The number of nitrogens with two attached hydrogens (primary N) is 2. The molecule has 1 fully saturated rings. The second-order valence-electron chi connectivity index (χ2n) is 5.91. The average Bonchev–Trinajstić information content (AvgIpc) is 2.25. The van der Waals surface area contributed by atoms with E-state index >= 15 is 0 Å². The summed E-state index contributed by atoms with van der Waals surface area (Å²) in [5.74, 6) is -0.119. The lowest BCUT2D eigenvalue weighted by atomic mass is 9.61. The van der Waals surface area contributed by atoms with E-state index in [0.717, 1.165) is 12.8 Å². The Morgan fingerprint density at radius 2 is 1.94 bits per heavy atom. The molecule has 0 saturated heterocycles. The van der Waals surface area contributed by atoms with E-state index in [2.05, 4.69) is 26.1 Å². The van der Waals surface area contributed by atoms with Crippen LogP contribution in [-0.4, -0.2) is 24.4 Å². The van der Waals surface area contributed by atoms with Gasteiger partial charge in [0.15, 0.2) is 0 Å². The molecule has 0 radical (unpaired) electrons. The number of primary amides is 1. The first-order valence-corrected chi connectivity index (χ1v) is 6.58. The number of hydrogen-bond acceptors (Lipinski definition) is 3. The molecule has 5 N–H and O–H groups in total. The highest BCUT2D eigenvalue weighted by atomic mass is 16.2. The molecule has 5 nitrogen and oxygen atoms in total. The zero-order valence-corrected chi connectivity index (χ0v) is 11.5. The van der Waals surface area contributed by atoms with Crippen LogP contribution in [0.3, 0.4) is 0 Å². The highest BCUT2D eigenvalue weighted by Gasteiger charge is 2.44. The van der Waals surface area contributed by atoms with Crippen LogP contribution in [0.5, 0.6) is 0 Å². The summed E-state index contributed by atoms with van der Waals surface area (Å²) in [6.07, 6.45) is 1.87. The van der Waals surface area contributed by atoms with Crippen LogP contribution in [0.2, 0.25) is 0 Å². The second-order valence-corrected chi connectivity index (χ2v) is 5.91. The fraction of sp³-hybridized carbons (Fsp3) is 0.846. The van der Waals surface area contributed by atoms with Gasteiger partial charge in [-0.2, -0.15) is 0 Å². The second kappa shape index (κ2) is 5.69. The van der Waals surface area contributed by atoms with E-state index in [1.165, 1.54) is 0 Å². The van der Waals surface area contributed by atoms with Crippen LogP contribution in [0.15, 0.2) is 0 Å². The average molecular weight is 255 g/mol. The van der Waals surface area contributed by atoms with Crippen LogP contribution in [0.1, 0.15) is 40.0 Å². The summed E-state index contributed by atoms with van der Waals surface area (Å²) in [5, 5.41) is 2.79. The summed E-state index contributed by atoms with van der Waals surface area (Å²) in [4.78, 5) is 22.8. The summed E-state index contributed by atoms with van der Waals surface area (Å²) in [7, 11) is 0. The van der Waals surface area contributed by atoms with E-state index in [9.17, 15) is 9.59 Å². The van der Waals surface area contributed by atoms with E-state index in [1.54, 1.807) is 0 Å². The van der Waals surface area contributed by atoms with Crippen molar-refractivity contribution in [3.63, 3.8) is 0 Å². The van der Waals surface area contributed by atoms with Crippen molar-refractivity contribution < 1.29 is 9.59 Å². The molecule has 1 saturated carbocycles. The molecule has 1 rings (SSSR count). The van der Waals surface area contributed by atoms with Crippen molar-refractivity contribution in [1.29, 1.82) is 0 Å². The highest BCUT2D eigenvalue weighted by molar-refractivity contribution is 5.80. The van der Waals surface area contributed by atoms with Crippen molar-refractivity contribution in [2.45, 2.75) is 46.1 Å². The van der Waals surface area contributed by atoms with Crippen molar-refractivity contribution in [3.8, 4) is 0 Å². The largest absolute Gasteiger partial charge is 0.370 e. The lowest BCUT2D eigenvalue weighted by Crippen LogP contribution is -2.51. The van der Waals surface area contributed by atoms with Crippen LogP contribution in [0, 0.1) is 17.3 Å². The first-order chi connectivity index (χ1) is 8.26. The maximum Gasteiger partial charge on any atom is 0.223 e. The highest BCUT2D eigenvalue weighted by Crippen LogP contribution is 2.44. The van der Waals surface area contributed by atoms with Crippen LogP contribution in [-0.2, 0) is 9.59 Å². The van der Waals surface area contributed by atoms with Crippen molar-refractivity contribution in [2.75, 3.05) is 6.54 Å². The number of carbonyl (C=O) groups is 2. The molecule has 0 aromatic heterocycles. The van der Waals surface area contributed by atoms with Gasteiger partial charge >= 0.3 is 0 Å². The zero-order valence-electron chi connectivity index (χ0n) is 11.5. The molecule has 5 heteroatoms. The van der Waals surface area contributed by atoms with Gasteiger partial charge in [0, 0.05) is 24.9 Å². The quantitative estimate of drug-likeness (QED) is 0.677. The van der Waals surface area contributed by atoms with Crippen molar-refractivity contribution in [2.24, 2.45) is 28.7 Å². The van der Waals surface area contributed by atoms with Crippen LogP contribution in [0.4, 0.5) is 0 Å². The third-order valence-electron chi connectivity index (χ3n) is 4.49. The molecule has 1 aliphatic carbocycles. The lowest BCUT2D eigenvalue weighted by molar-refractivity contribution is -0.132. The fourth-order valence-electron chi connectivity index (χ4n) is 2.75. The van der Waals surface area contributed by atoms with Gasteiger partial charge in [-0.05, 0) is 24.2 Å². The number of carbonyl (C=O) groups excluding carboxylic acids is 2. The maximum atomic E-state index is 12.1. The Kier molecular flexibility index (Phi) is 4.73. The Morgan fingerprint density at radius 1 is 1.33 bits per heavy atom. The fourth-order valence-corrected chi connectivity index (χ4v) is 2.75. The Labute approximate surface area is 109 Å². The minimum Gasteiger partial charge on any atom is -0.370 e. The van der Waals surface area contributed by atoms with Gasteiger partial charge in [0.05, 0.1) is 0 Å². The van der Waals surface area contributed by atoms with Crippen molar-refractivity contribution in [3.05, 3.63) is 0 Å². The monoisotopic (exact) mass is 255 g/mol. The summed E-state index contributed by atoms with van der Waals surface area (Å²) in [6, 6.07) is 0.162. The predicted octanol–water partition coefficient (Wildman–Crippen LogP) is 0.378. The first kappa shape index (κ1) is 15.0. The zero-order chi connectivity index (χ0) is 13.9. The number of nitrogens with one attached hydrogen (secondary N) is 1. The van der Waals surface area contributed by atoms with Crippen molar-refractivity contribution in [1.82, 2.24) is 5.32 Å². The van der Waals surface area contributed by atoms with Gasteiger partial charge in [-0.15, -0.1) is 0 Å². The molecule has 2 amide bonds. The molecule has 0 aromatic carbocycles. The van der Waals surface area contributed by atoms with Gasteiger partial charge in [0.25, 0.3) is 0 Å². The van der Waals surface area contributed by atoms with E-state index in [1.807, 2.05) is 0 Å². The Morgan fingerprint density at radius 3 is 2.50 bits per heavy atom. The number of amides is 2. The Hall–Kier alpha value is -1.10. The minimum absolute atomic E-state index is 0.0139. The van der Waals surface area contributed by atoms with E-state index in [4.69, 9.17) is 11.5 Å². The summed E-state index contributed by atoms with van der Waals surface area (Å²) < 4.78 is 0. The Bertz CT molecular complexity index is 328. The number of rotatable bonds is 4. The topological polar surface area (TPSA) is 98.2 Å². The van der Waals surface area contributed by atoms with E-state index in [-0.39, 0.29) is 29.7 Å². The summed E-state index contributed by atoms with van der Waals surface area (Å²) in [6.45, 7) is 6.61. The third-order valence-corrected chi connectivity index (χ3v) is 4.49. The van der Waals surface area contributed by atoms with Crippen LogP contribution >= 0.6 is 0 Å². The lowest BCUT2D eigenvalue weighted by Gasteiger charge is -2.46. The molecule has 0 aromatic rings. The first-order valence-electron chi connectivity index (χ1n) is 6.58. The van der Waals surface area contributed by atoms with Crippen LogP contribution < -0.4 is 16.8 Å². The van der Waals surface area contributed by atoms with Gasteiger partial charge in [-0.25, -0.2) is 0 Å². The van der Waals surface area contributed by atoms with Gasteiger partial charge in [0.1, 0.15) is 0 Å². The minimum atomic E-state index is -0.395. The van der Waals surface area contributed by atoms with Gasteiger partial charge in [-0.1, -0.05) is 20.8 Å². The molecule has 0 heterocycles. The maximum absolute atomic E-state index is 12.1. The molecule has 18 heavy (non-hydrogen) atoms. The molecule has 104 valence electrons. The summed E-state index contributed by atoms with van der Waals surface area (Å²) >= 11 is 0. The molecular weight excluding hydrogens is 230 g/mol.